The lowest BCUT2D eigenvalue weighted by atomic mass is 10.1. The van der Waals surface area contributed by atoms with Crippen LogP contribution in [0.3, 0.4) is 0 Å². The van der Waals surface area contributed by atoms with Crippen molar-refractivity contribution < 1.29 is 4.43 Å². The Morgan fingerprint density at radius 2 is 1.38 bits per heavy atom. The molecule has 0 aliphatic rings. The van der Waals surface area contributed by atoms with E-state index in [9.17, 15) is 0 Å². The second-order valence-corrected chi connectivity index (χ2v) is 14.8. The van der Waals surface area contributed by atoms with Gasteiger partial charge in [0, 0.05) is 0 Å². The smallest absolute Gasteiger partial charge is 0.316 e. The summed E-state index contributed by atoms with van der Waals surface area (Å²) in [6.07, 6.45) is 10.8. The van der Waals surface area contributed by atoms with Crippen LogP contribution in [0.1, 0.15) is 65.2 Å². The minimum atomic E-state index is -1.61. The number of hydrogen-bond donors (Lipinski definition) is 0. The van der Waals surface area contributed by atoms with Gasteiger partial charge >= 0.3 is 5.81 Å². The fourth-order valence-corrected chi connectivity index (χ4v) is 8.26. The molecular weight excluding hydrogens is 387 g/mol. The number of para-hydroxylation sites is 1. The molecule has 1 nitrogen and oxygen atoms in total. The van der Waals surface area contributed by atoms with Crippen molar-refractivity contribution in [2.75, 3.05) is 0 Å². The third-order valence-corrected chi connectivity index (χ3v) is 10.6. The van der Waals surface area contributed by atoms with Crippen LogP contribution >= 0.6 is 21.8 Å². The van der Waals surface area contributed by atoms with Crippen molar-refractivity contribution in [3.8, 4) is 5.75 Å². The van der Waals surface area contributed by atoms with E-state index in [4.69, 9.17) is 4.43 Å². The van der Waals surface area contributed by atoms with Gasteiger partial charge in [0.2, 0.25) is 0 Å². The third-order valence-electron chi connectivity index (χ3n) is 3.85. The average Bonchev–Trinajstić information content (AvgIpc) is 2.50. The van der Waals surface area contributed by atoms with Gasteiger partial charge in [0.25, 0.3) is 0 Å². The van der Waals surface area contributed by atoms with E-state index in [2.05, 4.69) is 66.0 Å². The molecule has 1 aromatic rings. The highest BCUT2D eigenvalue weighted by molar-refractivity contribution is 14.1. The van der Waals surface area contributed by atoms with Crippen LogP contribution < -0.4 is 4.43 Å². The van der Waals surface area contributed by atoms with Crippen LogP contribution in [0.15, 0.2) is 30.3 Å². The van der Waals surface area contributed by atoms with Crippen molar-refractivity contribution in [3.05, 3.63) is 30.3 Å². The molecule has 0 aliphatic carbocycles. The quantitative estimate of drug-likeness (QED) is 0.152. The Morgan fingerprint density at radius 1 is 0.810 bits per heavy atom. The van der Waals surface area contributed by atoms with Crippen molar-refractivity contribution in [1.82, 2.24) is 0 Å². The van der Waals surface area contributed by atoms with Crippen LogP contribution in [0.4, 0.5) is 0 Å². The molecule has 0 fully saturated rings. The molecule has 1 aromatic carbocycles. The topological polar surface area (TPSA) is 9.23 Å². The van der Waals surface area contributed by atoms with E-state index < -0.39 is 5.81 Å². The maximum absolute atomic E-state index is 6.46. The van der Waals surface area contributed by atoms with Crippen LogP contribution in [-0.4, -0.2) is 5.81 Å². The van der Waals surface area contributed by atoms with Gasteiger partial charge < -0.3 is 4.43 Å². The molecule has 0 radical (unpaired) electrons. The first-order chi connectivity index (χ1) is 10.2. The molecule has 0 amide bonds. The molecule has 3 heteroatoms. The predicted molar refractivity (Wildman–Crippen MR) is 105 cm³/mol. The molecule has 1 unspecified atom stereocenters. The summed E-state index contributed by atoms with van der Waals surface area (Å²) >= 11 is 2.69. The van der Waals surface area contributed by atoms with Crippen LogP contribution in [0, 0.1) is 0 Å². The van der Waals surface area contributed by atoms with Crippen molar-refractivity contribution in [2.24, 2.45) is 0 Å². The Balaban J connectivity index is 2.41. The van der Waals surface area contributed by atoms with E-state index in [0.29, 0.717) is 0 Å². The van der Waals surface area contributed by atoms with Gasteiger partial charge in [-0.25, -0.2) is 0 Å². The SMILES string of the molecule is CCCCCCCC[Si](I)(CCCC)Oc1ccccc1. The van der Waals surface area contributed by atoms with Crippen molar-refractivity contribution in [3.63, 3.8) is 0 Å². The van der Waals surface area contributed by atoms with Crippen molar-refractivity contribution >= 4 is 27.6 Å². The first-order valence-electron chi connectivity index (χ1n) is 8.63. The van der Waals surface area contributed by atoms with Gasteiger partial charge in [0.05, 0.1) is 0 Å². The zero-order valence-electron chi connectivity index (χ0n) is 13.7. The van der Waals surface area contributed by atoms with Gasteiger partial charge in [0.1, 0.15) is 5.75 Å². The molecule has 0 N–H and O–H groups in total. The summed E-state index contributed by atoms with van der Waals surface area (Å²) < 4.78 is 6.46. The van der Waals surface area contributed by atoms with Gasteiger partial charge in [-0.2, -0.15) is 0 Å². The van der Waals surface area contributed by atoms with Gasteiger partial charge in [-0.15, -0.1) is 0 Å². The zero-order chi connectivity index (χ0) is 15.4. The Kier molecular flexibility index (Phi) is 10.4. The van der Waals surface area contributed by atoms with E-state index in [1.807, 2.05) is 0 Å². The van der Waals surface area contributed by atoms with Crippen LogP contribution in [0.2, 0.25) is 12.1 Å². The lowest BCUT2D eigenvalue weighted by Crippen LogP contribution is -2.34. The highest BCUT2D eigenvalue weighted by Crippen LogP contribution is 2.31. The fourth-order valence-electron chi connectivity index (χ4n) is 2.54. The van der Waals surface area contributed by atoms with E-state index in [0.717, 1.165) is 5.75 Å². The third kappa shape index (κ3) is 8.86. The van der Waals surface area contributed by atoms with Gasteiger partial charge in [-0.1, -0.05) is 105 Å². The molecule has 0 aliphatic heterocycles. The normalized spacial score (nSPS) is 13.9. The Hall–Kier alpha value is -0.0331. The number of rotatable bonds is 12. The van der Waals surface area contributed by atoms with E-state index in [1.165, 1.54) is 63.5 Å². The minimum absolute atomic E-state index is 1.07. The summed E-state index contributed by atoms with van der Waals surface area (Å²) in [7, 11) is 0. The van der Waals surface area contributed by atoms with Gasteiger partial charge in [-0.05, 0) is 24.2 Å². The Labute approximate surface area is 145 Å². The molecule has 1 atom stereocenters. The molecule has 21 heavy (non-hydrogen) atoms. The standard InChI is InChI=1S/C18H31IOSi/c1-3-5-7-8-9-13-17-21(19,16-6-4-2)20-18-14-11-10-12-15-18/h10-12,14-15H,3-9,13,16-17H2,1-2H3. The van der Waals surface area contributed by atoms with Crippen molar-refractivity contribution in [2.45, 2.75) is 77.3 Å². The molecule has 0 spiro atoms. The van der Waals surface area contributed by atoms with Crippen LogP contribution in [0.25, 0.3) is 0 Å². The molecule has 0 bridgehead atoms. The summed E-state index contributed by atoms with van der Waals surface area (Å²) in [4.78, 5) is 0. The predicted octanol–water partition coefficient (Wildman–Crippen LogP) is 7.10. The van der Waals surface area contributed by atoms with E-state index >= 15 is 0 Å². The second kappa shape index (κ2) is 11.5. The van der Waals surface area contributed by atoms with E-state index in [1.54, 1.807) is 0 Å². The fraction of sp³-hybridized carbons (Fsp3) is 0.667. The summed E-state index contributed by atoms with van der Waals surface area (Å²) in [6.45, 7) is 4.56. The summed E-state index contributed by atoms with van der Waals surface area (Å²) in [6, 6.07) is 13.0. The first-order valence-corrected chi connectivity index (χ1v) is 14.1. The monoisotopic (exact) mass is 418 g/mol. The lowest BCUT2D eigenvalue weighted by molar-refractivity contribution is 0.542. The maximum atomic E-state index is 6.46. The molecule has 0 aromatic heterocycles. The molecule has 0 saturated carbocycles. The molecule has 120 valence electrons. The maximum Gasteiger partial charge on any atom is 0.316 e. The molecule has 0 saturated heterocycles. The van der Waals surface area contributed by atoms with E-state index in [-0.39, 0.29) is 0 Å². The van der Waals surface area contributed by atoms with Crippen molar-refractivity contribution in [1.29, 1.82) is 0 Å². The Bertz CT molecular complexity index is 357. The van der Waals surface area contributed by atoms with Crippen LogP contribution in [0.5, 0.6) is 5.75 Å². The summed E-state index contributed by atoms with van der Waals surface area (Å²) in [5, 5.41) is 0. The summed E-state index contributed by atoms with van der Waals surface area (Å²) in [5.41, 5.74) is 0. The number of benzene rings is 1. The molecule has 0 heterocycles. The molecular formula is C18H31IOSi. The zero-order valence-corrected chi connectivity index (χ0v) is 16.9. The molecule has 1 rings (SSSR count). The van der Waals surface area contributed by atoms with Gasteiger partial charge in [0.15, 0.2) is 0 Å². The highest BCUT2D eigenvalue weighted by atomic mass is 127. The summed E-state index contributed by atoms with van der Waals surface area (Å²) in [5.74, 6) is -0.540. The first kappa shape index (κ1) is 19.0. The lowest BCUT2D eigenvalue weighted by Gasteiger charge is -2.26. The second-order valence-electron chi connectivity index (χ2n) is 5.92. The number of hydrogen-bond acceptors (Lipinski definition) is 1. The van der Waals surface area contributed by atoms with Crippen LogP contribution in [-0.2, 0) is 0 Å². The number of halogens is 1. The number of unbranched alkanes of at least 4 members (excludes halogenated alkanes) is 6. The van der Waals surface area contributed by atoms with Gasteiger partial charge in [-0.3, -0.25) is 0 Å². The minimum Gasteiger partial charge on any atom is -0.534 e. The average molecular weight is 418 g/mol. The highest BCUT2D eigenvalue weighted by Gasteiger charge is 2.32. The Morgan fingerprint density at radius 3 is 2.05 bits per heavy atom. The largest absolute Gasteiger partial charge is 0.534 e.